The first kappa shape index (κ1) is 25.9. The summed E-state index contributed by atoms with van der Waals surface area (Å²) in [5.41, 5.74) is 7.07. The third kappa shape index (κ3) is 6.76. The number of ketones is 1. The zero-order valence-electron chi connectivity index (χ0n) is 22.2. The molecule has 1 saturated heterocycles. The van der Waals surface area contributed by atoms with Crippen LogP contribution in [0.2, 0.25) is 0 Å². The lowest BCUT2D eigenvalue weighted by Crippen LogP contribution is -2.23. The van der Waals surface area contributed by atoms with E-state index in [0.717, 1.165) is 28.9 Å². The van der Waals surface area contributed by atoms with E-state index >= 15 is 0 Å². The van der Waals surface area contributed by atoms with E-state index in [4.69, 9.17) is 4.74 Å². The number of pyridine rings is 1. The van der Waals surface area contributed by atoms with Crippen LogP contribution in [0.1, 0.15) is 54.5 Å². The van der Waals surface area contributed by atoms with Gasteiger partial charge in [-0.2, -0.15) is 0 Å². The summed E-state index contributed by atoms with van der Waals surface area (Å²) in [5.74, 6) is 1.04. The predicted molar refractivity (Wildman–Crippen MR) is 153 cm³/mol. The van der Waals surface area contributed by atoms with Gasteiger partial charge in [0.1, 0.15) is 18.1 Å². The SMILES string of the molecule is CC(c1cccc(-c2ccccc2COc2ccc(CC(=O)CCc3cccnc3)cc2)c1)N1CCCC1. The number of aromatic nitrogens is 1. The summed E-state index contributed by atoms with van der Waals surface area (Å²) < 4.78 is 6.18. The third-order valence-corrected chi connectivity index (χ3v) is 7.52. The lowest BCUT2D eigenvalue weighted by molar-refractivity contribution is -0.118. The summed E-state index contributed by atoms with van der Waals surface area (Å²) in [4.78, 5) is 19.1. The van der Waals surface area contributed by atoms with Crippen LogP contribution in [0.3, 0.4) is 0 Å². The summed E-state index contributed by atoms with van der Waals surface area (Å²) in [6, 6.07) is 29.7. The van der Waals surface area contributed by atoms with E-state index in [1.54, 1.807) is 6.20 Å². The molecular formula is C34H36N2O2. The number of hydrogen-bond donors (Lipinski definition) is 0. The fourth-order valence-electron chi connectivity index (χ4n) is 5.24. The number of nitrogens with zero attached hydrogens (tertiary/aromatic N) is 2. The maximum absolute atomic E-state index is 12.4. The highest BCUT2D eigenvalue weighted by atomic mass is 16.5. The van der Waals surface area contributed by atoms with E-state index in [1.165, 1.54) is 42.6 Å². The number of carbonyl (C=O) groups is 1. The molecule has 1 fully saturated rings. The van der Waals surface area contributed by atoms with Gasteiger partial charge >= 0.3 is 0 Å². The average molecular weight is 505 g/mol. The topological polar surface area (TPSA) is 42.4 Å². The molecule has 0 spiro atoms. The van der Waals surface area contributed by atoms with E-state index in [1.807, 2.05) is 42.6 Å². The van der Waals surface area contributed by atoms with Crippen LogP contribution in [0.5, 0.6) is 5.75 Å². The number of hydrogen-bond acceptors (Lipinski definition) is 4. The molecule has 38 heavy (non-hydrogen) atoms. The largest absolute Gasteiger partial charge is 0.489 e. The van der Waals surface area contributed by atoms with Crippen molar-refractivity contribution in [2.24, 2.45) is 0 Å². The Kier molecular flexibility index (Phi) is 8.62. The molecule has 0 radical (unpaired) electrons. The molecule has 1 unspecified atom stereocenters. The Labute approximate surface area is 226 Å². The Bertz CT molecular complexity index is 1330. The maximum Gasteiger partial charge on any atom is 0.137 e. The average Bonchev–Trinajstić information content (AvgIpc) is 3.51. The normalized spacial score (nSPS) is 14.3. The Morgan fingerprint density at radius 3 is 2.53 bits per heavy atom. The van der Waals surface area contributed by atoms with Crippen LogP contribution in [0.25, 0.3) is 11.1 Å². The molecule has 5 rings (SSSR count). The van der Waals surface area contributed by atoms with Crippen molar-refractivity contribution in [1.29, 1.82) is 0 Å². The molecule has 4 nitrogen and oxygen atoms in total. The fraction of sp³-hybridized carbons (Fsp3) is 0.294. The molecule has 4 aromatic rings. The van der Waals surface area contributed by atoms with Crippen LogP contribution in [0.4, 0.5) is 0 Å². The van der Waals surface area contributed by atoms with Crippen LogP contribution in [0, 0.1) is 0 Å². The van der Waals surface area contributed by atoms with Gasteiger partial charge in [0.15, 0.2) is 0 Å². The number of Topliss-reactive ketones (excluding diaryl/α,β-unsaturated/α-hetero) is 1. The van der Waals surface area contributed by atoms with Gasteiger partial charge < -0.3 is 4.74 Å². The number of rotatable bonds is 11. The Morgan fingerprint density at radius 2 is 1.74 bits per heavy atom. The summed E-state index contributed by atoms with van der Waals surface area (Å²) >= 11 is 0. The van der Waals surface area contributed by atoms with Gasteiger partial charge in [0.05, 0.1) is 0 Å². The highest BCUT2D eigenvalue weighted by molar-refractivity contribution is 5.81. The van der Waals surface area contributed by atoms with Crippen molar-refractivity contribution in [2.45, 2.75) is 51.7 Å². The number of aryl methyl sites for hydroxylation is 1. The second-order valence-corrected chi connectivity index (χ2v) is 10.2. The van der Waals surface area contributed by atoms with E-state index in [0.29, 0.717) is 25.5 Å². The molecule has 0 bridgehead atoms. The molecule has 194 valence electrons. The van der Waals surface area contributed by atoms with Crippen molar-refractivity contribution in [3.63, 3.8) is 0 Å². The van der Waals surface area contributed by atoms with Gasteiger partial charge in [-0.25, -0.2) is 0 Å². The molecule has 0 amide bonds. The number of carbonyl (C=O) groups excluding carboxylic acids is 1. The van der Waals surface area contributed by atoms with Crippen LogP contribution in [-0.4, -0.2) is 28.8 Å². The van der Waals surface area contributed by atoms with Crippen molar-refractivity contribution in [2.75, 3.05) is 13.1 Å². The first-order chi connectivity index (χ1) is 18.7. The molecule has 0 aliphatic carbocycles. The molecule has 1 aromatic heterocycles. The van der Waals surface area contributed by atoms with Crippen LogP contribution in [-0.2, 0) is 24.2 Å². The first-order valence-electron chi connectivity index (χ1n) is 13.7. The standard InChI is InChI=1S/C34H36N2O2/c1-26(36-20-4-5-21-36)29-10-6-11-30(23-29)34-12-3-2-9-31(34)25-38-33-17-14-27(15-18-33)22-32(37)16-13-28-8-7-19-35-24-28/h2-3,6-12,14-15,17-19,23-24,26H,4-5,13,16,20-22,25H2,1H3. The highest BCUT2D eigenvalue weighted by Gasteiger charge is 2.20. The molecule has 2 heterocycles. The second-order valence-electron chi connectivity index (χ2n) is 10.2. The van der Waals surface area contributed by atoms with Crippen LogP contribution >= 0.6 is 0 Å². The molecule has 1 aliphatic rings. The lowest BCUT2D eigenvalue weighted by Gasteiger charge is -2.24. The fourth-order valence-corrected chi connectivity index (χ4v) is 5.24. The summed E-state index contributed by atoms with van der Waals surface area (Å²) in [7, 11) is 0. The first-order valence-corrected chi connectivity index (χ1v) is 13.7. The quantitative estimate of drug-likeness (QED) is 0.216. The molecule has 1 aliphatic heterocycles. The van der Waals surface area contributed by atoms with Crippen molar-refractivity contribution in [3.05, 3.63) is 120 Å². The summed E-state index contributed by atoms with van der Waals surface area (Å²) in [6.07, 6.45) is 7.87. The number of likely N-dealkylation sites (tertiary alicyclic amines) is 1. The second kappa shape index (κ2) is 12.7. The molecule has 0 N–H and O–H groups in total. The molecule has 1 atom stereocenters. The van der Waals surface area contributed by atoms with E-state index in [9.17, 15) is 4.79 Å². The van der Waals surface area contributed by atoms with Gasteiger partial charge in [-0.1, -0.05) is 60.7 Å². The number of benzene rings is 3. The van der Waals surface area contributed by atoms with Crippen molar-refractivity contribution >= 4 is 5.78 Å². The minimum atomic E-state index is 0.234. The number of ether oxygens (including phenoxy) is 1. The van der Waals surface area contributed by atoms with Crippen LogP contribution in [0.15, 0.2) is 97.3 Å². The van der Waals surface area contributed by atoms with E-state index in [2.05, 4.69) is 65.3 Å². The van der Waals surface area contributed by atoms with Gasteiger partial charge in [-0.05, 0) is 96.9 Å². The third-order valence-electron chi connectivity index (χ3n) is 7.52. The molecule has 3 aromatic carbocycles. The highest BCUT2D eigenvalue weighted by Crippen LogP contribution is 2.30. The van der Waals surface area contributed by atoms with Gasteiger partial charge in [-0.3, -0.25) is 14.7 Å². The van der Waals surface area contributed by atoms with E-state index < -0.39 is 0 Å². The van der Waals surface area contributed by atoms with Gasteiger partial charge in [0.2, 0.25) is 0 Å². The maximum atomic E-state index is 12.4. The van der Waals surface area contributed by atoms with Gasteiger partial charge in [0.25, 0.3) is 0 Å². The van der Waals surface area contributed by atoms with Gasteiger partial charge in [-0.15, -0.1) is 0 Å². The zero-order valence-corrected chi connectivity index (χ0v) is 22.2. The van der Waals surface area contributed by atoms with Crippen LogP contribution < -0.4 is 4.74 Å². The monoisotopic (exact) mass is 504 g/mol. The minimum absolute atomic E-state index is 0.234. The molecular weight excluding hydrogens is 468 g/mol. The summed E-state index contributed by atoms with van der Waals surface area (Å²) in [6.45, 7) is 5.19. The Hall–Kier alpha value is -3.76. The molecule has 0 saturated carbocycles. The lowest BCUT2D eigenvalue weighted by atomic mass is 9.96. The smallest absolute Gasteiger partial charge is 0.137 e. The summed E-state index contributed by atoms with van der Waals surface area (Å²) in [5, 5.41) is 0. The molecule has 4 heteroatoms. The van der Waals surface area contributed by atoms with Crippen molar-refractivity contribution in [1.82, 2.24) is 9.88 Å². The Balaban J connectivity index is 1.19. The van der Waals surface area contributed by atoms with Gasteiger partial charge in [0, 0.05) is 31.3 Å². The Morgan fingerprint density at radius 1 is 0.921 bits per heavy atom. The van der Waals surface area contributed by atoms with E-state index in [-0.39, 0.29) is 5.78 Å². The van der Waals surface area contributed by atoms with Crippen molar-refractivity contribution < 1.29 is 9.53 Å². The van der Waals surface area contributed by atoms with Crippen molar-refractivity contribution in [3.8, 4) is 16.9 Å². The minimum Gasteiger partial charge on any atom is -0.489 e. The predicted octanol–water partition coefficient (Wildman–Crippen LogP) is 7.23. The zero-order chi connectivity index (χ0) is 26.2.